The van der Waals surface area contributed by atoms with Crippen LogP contribution in [0.25, 0.3) is 0 Å². The zero-order valence-corrected chi connectivity index (χ0v) is 9.71. The van der Waals surface area contributed by atoms with Crippen molar-refractivity contribution in [2.45, 2.75) is 19.1 Å². The molecular weight excluding hydrogens is 263 g/mol. The summed E-state index contributed by atoms with van der Waals surface area (Å²) in [4.78, 5) is 46.1. The topological polar surface area (TPSA) is 147 Å². The van der Waals surface area contributed by atoms with E-state index in [0.717, 1.165) is 0 Å². The quantitative estimate of drug-likeness (QED) is 0.486. The van der Waals surface area contributed by atoms with Crippen LogP contribution in [0.1, 0.15) is 13.1 Å². The summed E-state index contributed by atoms with van der Waals surface area (Å²) in [5.41, 5.74) is 2.77. The fraction of sp³-hybridized carbons (Fsp3) is 0.333. The second kappa shape index (κ2) is 5.44. The molecule has 0 bridgehead atoms. The van der Waals surface area contributed by atoms with Crippen molar-refractivity contribution in [2.75, 3.05) is 0 Å². The summed E-state index contributed by atoms with van der Waals surface area (Å²) in [6, 6.07) is -1.02. The number of carbonyl (C=O) groups is 2. The minimum Gasteiger partial charge on any atom is -0.478 e. The first-order valence-corrected chi connectivity index (χ1v) is 5.03. The molecule has 5 N–H and O–H groups in total. The van der Waals surface area contributed by atoms with Gasteiger partial charge in [0.25, 0.3) is 5.56 Å². The van der Waals surface area contributed by atoms with Gasteiger partial charge >= 0.3 is 11.7 Å². The van der Waals surface area contributed by atoms with E-state index < -0.39 is 41.2 Å². The molecule has 0 saturated heterocycles. The number of hydrogen-bond donors (Lipinski definition) is 4. The van der Waals surface area contributed by atoms with E-state index in [2.05, 4.69) is 0 Å². The second-order valence-corrected chi connectivity index (χ2v) is 3.68. The van der Waals surface area contributed by atoms with Gasteiger partial charge in [0.2, 0.25) is 17.9 Å². The molecule has 1 aromatic rings. The maximum atomic E-state index is 13.0. The molecular formula is C9H11FN4O5. The number of carboxylic acid groups (broad SMARTS) is 1. The number of hydrogen-bond acceptors (Lipinski definition) is 5. The molecule has 0 aliphatic heterocycles. The Labute approximate surface area is 104 Å². The highest BCUT2D eigenvalue weighted by Gasteiger charge is 2.25. The Kier molecular flexibility index (Phi) is 4.17. The number of nitrogens with two attached hydrogens (primary N) is 1. The molecule has 0 spiro atoms. The smallest absolute Gasteiger partial charge is 0.347 e. The number of nitrogens with one attached hydrogen (secondary N) is 2. The summed E-state index contributed by atoms with van der Waals surface area (Å²) >= 11 is 0. The molecule has 1 amide bonds. The maximum Gasteiger partial charge on any atom is 0.347 e. The Morgan fingerprint density at radius 2 is 2.11 bits per heavy atom. The third kappa shape index (κ3) is 3.25. The van der Waals surface area contributed by atoms with Crippen LogP contribution < -0.4 is 22.3 Å². The van der Waals surface area contributed by atoms with E-state index in [1.165, 1.54) is 6.92 Å². The van der Waals surface area contributed by atoms with Gasteiger partial charge in [0.1, 0.15) is 0 Å². The molecule has 9 nitrogen and oxygen atoms in total. The van der Waals surface area contributed by atoms with Gasteiger partial charge in [0.05, 0.1) is 12.2 Å². The van der Waals surface area contributed by atoms with E-state index in [4.69, 9.17) is 10.8 Å². The van der Waals surface area contributed by atoms with Gasteiger partial charge in [0.15, 0.2) is 0 Å². The average molecular weight is 274 g/mol. The Morgan fingerprint density at radius 1 is 1.53 bits per heavy atom. The molecule has 0 aromatic carbocycles. The van der Waals surface area contributed by atoms with E-state index in [9.17, 15) is 23.6 Å². The molecule has 0 fully saturated rings. The first-order chi connectivity index (χ1) is 8.73. The van der Waals surface area contributed by atoms with Crippen molar-refractivity contribution >= 4 is 11.9 Å². The summed E-state index contributed by atoms with van der Waals surface area (Å²) in [6.07, 6.45) is -1.49. The van der Waals surface area contributed by atoms with Gasteiger partial charge in [-0.25, -0.2) is 9.59 Å². The monoisotopic (exact) mass is 274 g/mol. The SMILES string of the molecule is C[C@H](N)C(=O)N[C@@H](C(=O)O)n1cc(F)c(=O)[nH]c1=O. The van der Waals surface area contributed by atoms with Crippen molar-refractivity contribution in [1.29, 1.82) is 0 Å². The minimum atomic E-state index is -1.88. The van der Waals surface area contributed by atoms with E-state index in [0.29, 0.717) is 10.8 Å². The lowest BCUT2D eigenvalue weighted by atomic mass is 10.3. The molecule has 2 atom stereocenters. The number of carbonyl (C=O) groups excluding carboxylic acids is 1. The molecule has 0 radical (unpaired) electrons. The highest BCUT2D eigenvalue weighted by molar-refractivity contribution is 5.85. The lowest BCUT2D eigenvalue weighted by Gasteiger charge is -2.17. The summed E-state index contributed by atoms with van der Waals surface area (Å²) < 4.78 is 13.4. The largest absolute Gasteiger partial charge is 0.478 e. The van der Waals surface area contributed by atoms with Crippen molar-refractivity contribution in [3.05, 3.63) is 32.9 Å². The number of carboxylic acids is 1. The first kappa shape index (κ1) is 14.6. The van der Waals surface area contributed by atoms with E-state index >= 15 is 0 Å². The van der Waals surface area contributed by atoms with Gasteiger partial charge in [-0.2, -0.15) is 4.39 Å². The zero-order valence-electron chi connectivity index (χ0n) is 9.71. The lowest BCUT2D eigenvalue weighted by molar-refractivity contribution is -0.144. The zero-order chi connectivity index (χ0) is 14.7. The molecule has 1 heterocycles. The van der Waals surface area contributed by atoms with Crippen LogP contribution in [-0.4, -0.2) is 32.6 Å². The molecule has 0 saturated carbocycles. The van der Waals surface area contributed by atoms with Crippen LogP contribution in [0.3, 0.4) is 0 Å². The minimum absolute atomic E-state index is 0.333. The number of H-pyrrole nitrogens is 1. The van der Waals surface area contributed by atoms with E-state index in [1.54, 1.807) is 4.98 Å². The normalized spacial score (nSPS) is 13.6. The van der Waals surface area contributed by atoms with Crippen LogP contribution in [0.2, 0.25) is 0 Å². The second-order valence-electron chi connectivity index (χ2n) is 3.68. The molecule has 10 heteroatoms. The number of nitrogens with zero attached hydrogens (tertiary/aromatic N) is 1. The molecule has 0 aliphatic rings. The number of aromatic amines is 1. The predicted octanol–water partition coefficient (Wildman–Crippen LogP) is -2.28. The molecule has 19 heavy (non-hydrogen) atoms. The molecule has 0 aliphatic carbocycles. The number of rotatable bonds is 4. The fourth-order valence-electron chi connectivity index (χ4n) is 1.17. The van der Waals surface area contributed by atoms with Crippen molar-refractivity contribution in [2.24, 2.45) is 5.73 Å². The highest BCUT2D eigenvalue weighted by Crippen LogP contribution is 2.00. The number of aliphatic carboxylic acids is 1. The Balaban J connectivity index is 3.25. The van der Waals surface area contributed by atoms with Gasteiger partial charge in [0, 0.05) is 0 Å². The van der Waals surface area contributed by atoms with E-state index in [-0.39, 0.29) is 0 Å². The third-order valence-corrected chi connectivity index (χ3v) is 2.13. The summed E-state index contributed by atoms with van der Waals surface area (Å²) in [5, 5.41) is 10.8. The van der Waals surface area contributed by atoms with Gasteiger partial charge < -0.3 is 16.2 Å². The highest BCUT2D eigenvalue weighted by atomic mass is 19.1. The first-order valence-electron chi connectivity index (χ1n) is 5.03. The van der Waals surface area contributed by atoms with Crippen molar-refractivity contribution < 1.29 is 19.1 Å². The standard InChI is InChI=1S/C9H11FN4O5/c1-3(11)6(15)12-5(8(17)18)14-2-4(10)7(16)13-9(14)19/h2-3,5H,11H2,1H3,(H,12,15)(H,17,18)(H,13,16,19)/t3-,5+/m0/s1. The van der Waals surface area contributed by atoms with Crippen LogP contribution >= 0.6 is 0 Å². The third-order valence-electron chi connectivity index (χ3n) is 2.13. The van der Waals surface area contributed by atoms with Crippen molar-refractivity contribution in [3.8, 4) is 0 Å². The summed E-state index contributed by atoms with van der Waals surface area (Å²) in [6.45, 7) is 1.30. The van der Waals surface area contributed by atoms with E-state index in [1.807, 2.05) is 5.32 Å². The van der Waals surface area contributed by atoms with Crippen LogP contribution in [0.5, 0.6) is 0 Å². The molecule has 0 unspecified atom stereocenters. The van der Waals surface area contributed by atoms with Crippen LogP contribution in [-0.2, 0) is 9.59 Å². The fourth-order valence-corrected chi connectivity index (χ4v) is 1.17. The average Bonchev–Trinajstić information content (AvgIpc) is 2.30. The van der Waals surface area contributed by atoms with Crippen molar-refractivity contribution in [1.82, 2.24) is 14.9 Å². The Morgan fingerprint density at radius 3 is 2.58 bits per heavy atom. The van der Waals surface area contributed by atoms with Gasteiger partial charge in [-0.1, -0.05) is 0 Å². The number of amides is 1. The van der Waals surface area contributed by atoms with Crippen LogP contribution in [0.15, 0.2) is 15.8 Å². The van der Waals surface area contributed by atoms with Crippen LogP contribution in [0, 0.1) is 5.82 Å². The van der Waals surface area contributed by atoms with Gasteiger partial charge in [-0.05, 0) is 6.92 Å². The predicted molar refractivity (Wildman–Crippen MR) is 59.7 cm³/mol. The lowest BCUT2D eigenvalue weighted by Crippen LogP contribution is -2.48. The maximum absolute atomic E-state index is 13.0. The van der Waals surface area contributed by atoms with Gasteiger partial charge in [-0.3, -0.25) is 19.1 Å². The Hall–Kier alpha value is -2.49. The summed E-state index contributed by atoms with van der Waals surface area (Å²) in [5.74, 6) is -3.84. The van der Waals surface area contributed by atoms with Gasteiger partial charge in [-0.15, -0.1) is 0 Å². The van der Waals surface area contributed by atoms with Crippen molar-refractivity contribution in [3.63, 3.8) is 0 Å². The molecule has 1 aromatic heterocycles. The Bertz CT molecular complexity index is 620. The number of aromatic nitrogens is 2. The molecule has 104 valence electrons. The van der Waals surface area contributed by atoms with Crippen LogP contribution in [0.4, 0.5) is 4.39 Å². The number of halogens is 1. The molecule has 1 rings (SSSR count). The summed E-state index contributed by atoms with van der Waals surface area (Å²) in [7, 11) is 0.